The zero-order chi connectivity index (χ0) is 18.0. The first kappa shape index (κ1) is 16.5. The van der Waals surface area contributed by atoms with Crippen LogP contribution in [-0.2, 0) is 13.0 Å². The van der Waals surface area contributed by atoms with E-state index in [1.165, 1.54) is 12.1 Å². The Kier molecular flexibility index (Phi) is 4.40. The Morgan fingerprint density at radius 2 is 2.16 bits per heavy atom. The maximum Gasteiger partial charge on any atom is 0.269 e. The highest BCUT2D eigenvalue weighted by Gasteiger charge is 2.13. The fraction of sp³-hybridized carbons (Fsp3) is 0.211. The molecule has 0 atom stereocenters. The summed E-state index contributed by atoms with van der Waals surface area (Å²) in [5, 5.41) is 11.0. The Hall–Kier alpha value is -3.33. The van der Waals surface area contributed by atoms with Gasteiger partial charge < -0.3 is 4.74 Å². The van der Waals surface area contributed by atoms with Gasteiger partial charge >= 0.3 is 0 Å². The van der Waals surface area contributed by atoms with Crippen LogP contribution in [0.5, 0.6) is 5.75 Å². The van der Waals surface area contributed by atoms with Gasteiger partial charge in [0.15, 0.2) is 11.4 Å². The van der Waals surface area contributed by atoms with Gasteiger partial charge in [-0.3, -0.25) is 14.5 Å². The Morgan fingerprint density at radius 1 is 1.36 bits per heavy atom. The average molecular weight is 335 g/mol. The van der Waals surface area contributed by atoms with E-state index in [-0.39, 0.29) is 12.3 Å². The van der Waals surface area contributed by atoms with E-state index in [9.17, 15) is 10.1 Å². The Balaban J connectivity index is 1.92. The topological polar surface area (TPSA) is 69.7 Å². The summed E-state index contributed by atoms with van der Waals surface area (Å²) in [6.45, 7) is 4.03. The minimum atomic E-state index is -0.409. The fourth-order valence-corrected chi connectivity index (χ4v) is 2.71. The van der Waals surface area contributed by atoms with Gasteiger partial charge in [0, 0.05) is 18.3 Å². The van der Waals surface area contributed by atoms with Crippen molar-refractivity contribution >= 4 is 11.3 Å². The highest BCUT2D eigenvalue weighted by molar-refractivity contribution is 5.56. The number of aryl methyl sites for hydroxylation is 2. The third kappa shape index (κ3) is 3.17. The minimum Gasteiger partial charge on any atom is -0.485 e. The molecule has 0 aliphatic heterocycles. The van der Waals surface area contributed by atoms with Crippen molar-refractivity contribution in [3.8, 4) is 18.1 Å². The number of non-ortho nitro benzene ring substituents is 1. The molecule has 0 unspecified atom stereocenters. The fourth-order valence-electron chi connectivity index (χ4n) is 2.71. The van der Waals surface area contributed by atoms with Gasteiger partial charge in [0.2, 0.25) is 0 Å². The first-order valence-electron chi connectivity index (χ1n) is 7.78. The van der Waals surface area contributed by atoms with Crippen molar-refractivity contribution < 1.29 is 9.66 Å². The zero-order valence-corrected chi connectivity index (χ0v) is 14.0. The van der Waals surface area contributed by atoms with Crippen LogP contribution in [0.4, 0.5) is 5.69 Å². The molecule has 0 amide bonds. The van der Waals surface area contributed by atoms with Crippen LogP contribution < -0.4 is 4.74 Å². The third-order valence-corrected chi connectivity index (χ3v) is 4.11. The monoisotopic (exact) mass is 335 g/mol. The van der Waals surface area contributed by atoms with E-state index in [2.05, 4.69) is 10.9 Å². The molecule has 0 saturated heterocycles. The minimum absolute atomic E-state index is 0.0513. The molecule has 2 heterocycles. The molecule has 126 valence electrons. The molecule has 1 aromatic carbocycles. The number of aromatic nitrogens is 2. The van der Waals surface area contributed by atoms with Gasteiger partial charge in [0.1, 0.15) is 6.61 Å². The first-order chi connectivity index (χ1) is 12.0. The molecule has 0 fully saturated rings. The smallest absolute Gasteiger partial charge is 0.269 e. The molecule has 6 nitrogen and oxygen atoms in total. The maximum absolute atomic E-state index is 11.0. The predicted molar refractivity (Wildman–Crippen MR) is 94.6 cm³/mol. The number of nitro groups is 1. The van der Waals surface area contributed by atoms with Crippen LogP contribution in [0, 0.1) is 36.3 Å². The number of nitrogens with zero attached hydrogens (tertiary/aromatic N) is 3. The van der Waals surface area contributed by atoms with Crippen molar-refractivity contribution in [3.05, 3.63) is 69.2 Å². The SMILES string of the molecule is C#CCc1c(C)nc2c(OCc3cc([N+](=O)[O-])ccc3C)cccn12. The molecule has 3 rings (SSSR count). The summed E-state index contributed by atoms with van der Waals surface area (Å²) in [4.78, 5) is 15.1. The van der Waals surface area contributed by atoms with Crippen molar-refractivity contribution in [2.24, 2.45) is 0 Å². The van der Waals surface area contributed by atoms with E-state index in [0.29, 0.717) is 17.8 Å². The molecule has 2 aromatic heterocycles. The number of fused-ring (bicyclic) bond motifs is 1. The number of imidazole rings is 1. The lowest BCUT2D eigenvalue weighted by Gasteiger charge is -2.10. The molecule has 6 heteroatoms. The highest BCUT2D eigenvalue weighted by Crippen LogP contribution is 2.24. The summed E-state index contributed by atoms with van der Waals surface area (Å²) in [6.07, 6.45) is 7.81. The van der Waals surface area contributed by atoms with Gasteiger partial charge in [-0.05, 0) is 37.1 Å². The third-order valence-electron chi connectivity index (χ3n) is 4.11. The lowest BCUT2D eigenvalue weighted by molar-refractivity contribution is -0.385. The number of rotatable bonds is 5. The van der Waals surface area contributed by atoms with Crippen molar-refractivity contribution in [1.82, 2.24) is 9.38 Å². The number of pyridine rings is 1. The van der Waals surface area contributed by atoms with Crippen LogP contribution >= 0.6 is 0 Å². The summed E-state index contributed by atoms with van der Waals surface area (Å²) in [5.74, 6) is 3.25. The summed E-state index contributed by atoms with van der Waals surface area (Å²) < 4.78 is 7.83. The van der Waals surface area contributed by atoms with E-state index in [1.807, 2.05) is 36.6 Å². The maximum atomic E-state index is 11.0. The largest absolute Gasteiger partial charge is 0.485 e. The molecule has 0 radical (unpaired) electrons. The quantitative estimate of drug-likeness (QED) is 0.406. The molecule has 25 heavy (non-hydrogen) atoms. The van der Waals surface area contributed by atoms with Crippen LogP contribution in [-0.4, -0.2) is 14.3 Å². The first-order valence-corrected chi connectivity index (χ1v) is 7.78. The Labute approximate surface area is 145 Å². The molecule has 0 aliphatic rings. The standard InChI is InChI=1S/C19H17N3O3/c1-4-6-17-14(3)20-19-18(7-5-10-21(17)19)25-12-15-11-16(22(23)24)9-8-13(15)2/h1,5,7-11H,6,12H2,2-3H3. The lowest BCUT2D eigenvalue weighted by atomic mass is 10.1. The van der Waals surface area contributed by atoms with E-state index < -0.39 is 4.92 Å². The Morgan fingerprint density at radius 3 is 2.88 bits per heavy atom. The summed E-state index contributed by atoms with van der Waals surface area (Å²) >= 11 is 0. The second kappa shape index (κ2) is 6.65. The van der Waals surface area contributed by atoms with Gasteiger partial charge in [-0.2, -0.15) is 0 Å². The van der Waals surface area contributed by atoms with Crippen LogP contribution in [0.1, 0.15) is 22.5 Å². The van der Waals surface area contributed by atoms with Crippen molar-refractivity contribution in [3.63, 3.8) is 0 Å². The molecule has 0 N–H and O–H groups in total. The molecular weight excluding hydrogens is 318 g/mol. The van der Waals surface area contributed by atoms with E-state index >= 15 is 0 Å². The molecule has 0 bridgehead atoms. The van der Waals surface area contributed by atoms with Gasteiger partial charge in [0.25, 0.3) is 5.69 Å². The van der Waals surface area contributed by atoms with E-state index in [0.717, 1.165) is 22.5 Å². The number of hydrogen-bond donors (Lipinski definition) is 0. The van der Waals surface area contributed by atoms with E-state index in [4.69, 9.17) is 11.2 Å². The van der Waals surface area contributed by atoms with Crippen LogP contribution in [0.25, 0.3) is 5.65 Å². The number of terminal acetylenes is 1. The molecule has 0 aliphatic carbocycles. The normalized spacial score (nSPS) is 10.6. The number of benzene rings is 1. The van der Waals surface area contributed by atoms with Crippen molar-refractivity contribution in [2.45, 2.75) is 26.9 Å². The lowest BCUT2D eigenvalue weighted by Crippen LogP contribution is -2.01. The molecule has 0 saturated carbocycles. The van der Waals surface area contributed by atoms with Crippen molar-refractivity contribution in [2.75, 3.05) is 0 Å². The second-order valence-corrected chi connectivity index (χ2v) is 5.75. The number of hydrogen-bond acceptors (Lipinski definition) is 4. The molecule has 3 aromatic rings. The second-order valence-electron chi connectivity index (χ2n) is 5.75. The van der Waals surface area contributed by atoms with Crippen LogP contribution in [0.15, 0.2) is 36.5 Å². The number of ether oxygens (including phenoxy) is 1. The van der Waals surface area contributed by atoms with Crippen molar-refractivity contribution in [1.29, 1.82) is 0 Å². The summed E-state index contributed by atoms with van der Waals surface area (Å²) in [6, 6.07) is 8.44. The average Bonchev–Trinajstić information content (AvgIpc) is 2.91. The molecular formula is C19H17N3O3. The zero-order valence-electron chi connectivity index (χ0n) is 14.0. The number of nitro benzene ring substituents is 1. The summed E-state index contributed by atoms with van der Waals surface area (Å²) in [7, 11) is 0. The predicted octanol–water partition coefficient (Wildman–Crippen LogP) is 3.61. The van der Waals surface area contributed by atoms with Crippen LogP contribution in [0.2, 0.25) is 0 Å². The van der Waals surface area contributed by atoms with Gasteiger partial charge in [-0.1, -0.05) is 6.07 Å². The highest BCUT2D eigenvalue weighted by atomic mass is 16.6. The van der Waals surface area contributed by atoms with Gasteiger partial charge in [-0.25, -0.2) is 4.98 Å². The van der Waals surface area contributed by atoms with Crippen LogP contribution in [0.3, 0.4) is 0 Å². The Bertz CT molecular complexity index is 999. The summed E-state index contributed by atoms with van der Waals surface area (Å²) in [5.41, 5.74) is 4.26. The van der Waals surface area contributed by atoms with Gasteiger partial charge in [0.05, 0.1) is 22.7 Å². The van der Waals surface area contributed by atoms with E-state index in [1.54, 1.807) is 6.07 Å². The van der Waals surface area contributed by atoms with Gasteiger partial charge in [-0.15, -0.1) is 12.3 Å². The molecule has 0 spiro atoms.